The van der Waals surface area contributed by atoms with Crippen molar-refractivity contribution in [3.8, 4) is 0 Å². The highest BCUT2D eigenvalue weighted by Crippen LogP contribution is 2.34. The molecule has 0 bridgehead atoms. The average molecular weight is 199 g/mol. The first-order valence-electron chi connectivity index (χ1n) is 4.89. The van der Waals surface area contributed by atoms with Gasteiger partial charge in [0.05, 0.1) is 6.61 Å². The van der Waals surface area contributed by atoms with Crippen LogP contribution in [0, 0.1) is 0 Å². The number of esters is 1. The number of rotatable bonds is 3. The second-order valence-corrected chi connectivity index (χ2v) is 3.60. The molecule has 0 unspecified atom stereocenters. The minimum absolute atomic E-state index is 0.341. The quantitative estimate of drug-likeness (QED) is 0.703. The van der Waals surface area contributed by atoms with Gasteiger partial charge in [0.25, 0.3) is 0 Å². The molecule has 1 heterocycles. The topological polar surface area (TPSA) is 49.8 Å². The summed E-state index contributed by atoms with van der Waals surface area (Å²) in [7, 11) is 0. The first-order valence-corrected chi connectivity index (χ1v) is 4.89. The van der Waals surface area contributed by atoms with Crippen molar-refractivity contribution >= 4 is 5.97 Å². The summed E-state index contributed by atoms with van der Waals surface area (Å²) >= 11 is 0. The lowest BCUT2D eigenvalue weighted by molar-refractivity contribution is -0.180. The van der Waals surface area contributed by atoms with E-state index in [-0.39, 0.29) is 5.97 Å². The zero-order chi connectivity index (χ0) is 10.8. The van der Waals surface area contributed by atoms with Gasteiger partial charge in [-0.25, -0.2) is 9.86 Å². The molecule has 0 aromatic carbocycles. The second kappa shape index (κ2) is 4.00. The summed E-state index contributed by atoms with van der Waals surface area (Å²) in [6.45, 7) is 5.86. The van der Waals surface area contributed by atoms with Crippen LogP contribution in [0.1, 0.15) is 33.6 Å². The molecular weight excluding hydrogens is 182 g/mol. The van der Waals surface area contributed by atoms with E-state index in [1.807, 2.05) is 13.8 Å². The van der Waals surface area contributed by atoms with Crippen LogP contribution in [-0.4, -0.2) is 28.4 Å². The number of carbonyl (C=O) groups is 1. The van der Waals surface area contributed by atoms with Gasteiger partial charge in [-0.3, -0.25) is 5.21 Å². The van der Waals surface area contributed by atoms with Crippen LogP contribution in [0.4, 0.5) is 0 Å². The van der Waals surface area contributed by atoms with E-state index in [0.717, 1.165) is 10.6 Å². The van der Waals surface area contributed by atoms with E-state index in [1.54, 1.807) is 13.1 Å². The van der Waals surface area contributed by atoms with Crippen molar-refractivity contribution in [3.63, 3.8) is 0 Å². The summed E-state index contributed by atoms with van der Waals surface area (Å²) in [6.07, 6.45) is 2.66. The summed E-state index contributed by atoms with van der Waals surface area (Å²) in [5, 5.41) is 10.6. The molecule has 1 aliphatic rings. The first kappa shape index (κ1) is 11.0. The van der Waals surface area contributed by atoms with Gasteiger partial charge < -0.3 is 4.74 Å². The summed E-state index contributed by atoms with van der Waals surface area (Å²) in [5.41, 5.74) is 0.0995. The van der Waals surface area contributed by atoms with Crippen molar-refractivity contribution in [2.75, 3.05) is 6.61 Å². The van der Waals surface area contributed by atoms with Crippen LogP contribution in [0.3, 0.4) is 0 Å². The third kappa shape index (κ3) is 1.62. The van der Waals surface area contributed by atoms with Crippen molar-refractivity contribution in [1.82, 2.24) is 5.06 Å². The molecule has 4 heteroatoms. The fourth-order valence-electron chi connectivity index (χ4n) is 1.78. The van der Waals surface area contributed by atoms with Crippen molar-refractivity contribution in [2.45, 2.75) is 39.2 Å². The molecule has 0 saturated carbocycles. The average Bonchev–Trinajstić information content (AvgIpc) is 2.42. The number of hydrogen-bond acceptors (Lipinski definition) is 4. The zero-order valence-corrected chi connectivity index (χ0v) is 8.91. The van der Waals surface area contributed by atoms with Crippen LogP contribution in [0.15, 0.2) is 11.8 Å². The Morgan fingerprint density at radius 2 is 2.36 bits per heavy atom. The van der Waals surface area contributed by atoms with Gasteiger partial charge in [-0.15, -0.1) is 0 Å². The van der Waals surface area contributed by atoms with E-state index < -0.39 is 5.54 Å². The summed E-state index contributed by atoms with van der Waals surface area (Å²) < 4.78 is 4.96. The lowest BCUT2D eigenvalue weighted by Crippen LogP contribution is -2.48. The van der Waals surface area contributed by atoms with Gasteiger partial charge in [-0.05, 0) is 20.3 Å². The molecule has 0 aliphatic carbocycles. The van der Waals surface area contributed by atoms with Gasteiger partial charge in [-0.1, -0.05) is 12.5 Å². The molecule has 80 valence electrons. The first-order chi connectivity index (χ1) is 6.56. The van der Waals surface area contributed by atoms with E-state index in [0.29, 0.717) is 19.4 Å². The highest BCUT2D eigenvalue weighted by Gasteiger charge is 2.46. The number of nitrogens with zero attached hydrogens (tertiary/aromatic N) is 1. The Bertz CT molecular complexity index is 262. The molecule has 0 radical (unpaired) electrons. The van der Waals surface area contributed by atoms with E-state index in [2.05, 4.69) is 0 Å². The van der Waals surface area contributed by atoms with Gasteiger partial charge in [0, 0.05) is 12.6 Å². The highest BCUT2D eigenvalue weighted by atomic mass is 16.6. The van der Waals surface area contributed by atoms with Gasteiger partial charge in [0.2, 0.25) is 0 Å². The largest absolute Gasteiger partial charge is 0.464 e. The molecule has 0 spiro atoms. The van der Waals surface area contributed by atoms with Crippen LogP contribution >= 0.6 is 0 Å². The smallest absolute Gasteiger partial charge is 0.334 e. The van der Waals surface area contributed by atoms with Crippen molar-refractivity contribution < 1.29 is 14.7 Å². The molecule has 1 atom stereocenters. The molecule has 0 amide bonds. The van der Waals surface area contributed by atoms with Crippen molar-refractivity contribution in [2.24, 2.45) is 0 Å². The summed E-state index contributed by atoms with van der Waals surface area (Å²) in [4.78, 5) is 11.7. The fourth-order valence-corrected chi connectivity index (χ4v) is 1.78. The monoisotopic (exact) mass is 199 g/mol. The number of hydrogen-bond donors (Lipinski definition) is 1. The normalized spacial score (nSPS) is 26.3. The number of carbonyl (C=O) groups excluding carboxylic acids is 1. The van der Waals surface area contributed by atoms with Crippen LogP contribution < -0.4 is 0 Å². The van der Waals surface area contributed by atoms with Crippen molar-refractivity contribution in [3.05, 3.63) is 11.8 Å². The van der Waals surface area contributed by atoms with E-state index in [9.17, 15) is 10.0 Å². The maximum atomic E-state index is 11.7. The summed E-state index contributed by atoms with van der Waals surface area (Å²) in [6, 6.07) is 0. The highest BCUT2D eigenvalue weighted by molar-refractivity contribution is 5.82. The lowest BCUT2D eigenvalue weighted by atomic mass is 9.92. The standard InChI is InChI=1S/C10H17NO3/c1-4-10(9(12)14-5-2)6-8(3)7-11(10)13/h7,13H,4-6H2,1-3H3/t10-/m0/s1. The molecule has 1 N–H and O–H groups in total. The molecule has 0 fully saturated rings. The van der Waals surface area contributed by atoms with Gasteiger partial charge in [0.1, 0.15) is 0 Å². The van der Waals surface area contributed by atoms with Crippen LogP contribution in [0.5, 0.6) is 0 Å². The third-order valence-corrected chi connectivity index (χ3v) is 2.59. The Hall–Kier alpha value is -1.03. The van der Waals surface area contributed by atoms with Crippen LogP contribution in [0.25, 0.3) is 0 Å². The van der Waals surface area contributed by atoms with E-state index in [4.69, 9.17) is 4.74 Å². The van der Waals surface area contributed by atoms with Gasteiger partial charge >= 0.3 is 5.97 Å². The third-order valence-electron chi connectivity index (χ3n) is 2.59. The van der Waals surface area contributed by atoms with Crippen LogP contribution in [0.2, 0.25) is 0 Å². The van der Waals surface area contributed by atoms with Gasteiger partial charge in [0.15, 0.2) is 5.54 Å². The second-order valence-electron chi connectivity index (χ2n) is 3.60. The molecule has 0 saturated heterocycles. The lowest BCUT2D eigenvalue weighted by Gasteiger charge is -2.31. The Morgan fingerprint density at radius 1 is 1.71 bits per heavy atom. The van der Waals surface area contributed by atoms with Crippen LogP contribution in [-0.2, 0) is 9.53 Å². The fraction of sp³-hybridized carbons (Fsp3) is 0.700. The Balaban J connectivity index is 2.84. The maximum Gasteiger partial charge on any atom is 0.334 e. The van der Waals surface area contributed by atoms with Gasteiger partial charge in [-0.2, -0.15) is 0 Å². The molecule has 4 nitrogen and oxygen atoms in total. The Kier molecular flexibility index (Phi) is 3.16. The number of ether oxygens (including phenoxy) is 1. The Labute approximate surface area is 84.1 Å². The predicted octanol–water partition coefficient (Wildman–Crippen LogP) is 1.70. The Morgan fingerprint density at radius 3 is 2.71 bits per heavy atom. The predicted molar refractivity (Wildman–Crippen MR) is 51.7 cm³/mol. The molecular formula is C10H17NO3. The summed E-state index contributed by atoms with van der Waals surface area (Å²) in [5.74, 6) is -0.349. The minimum Gasteiger partial charge on any atom is -0.464 e. The SMILES string of the molecule is CCOC(=O)[C@]1(CC)CC(C)=CN1O. The molecule has 1 rings (SSSR count). The minimum atomic E-state index is -0.889. The molecule has 0 aromatic rings. The molecule has 1 aliphatic heterocycles. The van der Waals surface area contributed by atoms with E-state index in [1.165, 1.54) is 0 Å². The van der Waals surface area contributed by atoms with E-state index >= 15 is 0 Å². The zero-order valence-electron chi connectivity index (χ0n) is 8.91. The molecule has 0 aromatic heterocycles. The van der Waals surface area contributed by atoms with Crippen molar-refractivity contribution in [1.29, 1.82) is 0 Å². The maximum absolute atomic E-state index is 11.7. The number of hydroxylamine groups is 2. The molecule has 14 heavy (non-hydrogen) atoms.